The smallest absolute Gasteiger partial charge is 0.243 e. The number of methoxy groups -OCH3 is 1. The number of carbonyl (C=O) groups is 1. The Kier molecular flexibility index (Phi) is 7.98. The molecule has 0 bridgehead atoms. The van der Waals surface area contributed by atoms with Crippen LogP contribution in [-0.2, 0) is 21.2 Å². The van der Waals surface area contributed by atoms with Gasteiger partial charge in [-0.25, -0.2) is 8.42 Å². The summed E-state index contributed by atoms with van der Waals surface area (Å²) in [4.78, 5) is 12.2. The first-order chi connectivity index (χ1) is 13.4. The number of hydrogen-bond acceptors (Lipinski definition) is 5. The van der Waals surface area contributed by atoms with E-state index in [0.29, 0.717) is 17.7 Å². The lowest BCUT2D eigenvalue weighted by molar-refractivity contribution is -0.121. The number of aliphatic hydroxyl groups excluding tert-OH is 1. The van der Waals surface area contributed by atoms with Crippen LogP contribution in [0.4, 0.5) is 0 Å². The van der Waals surface area contributed by atoms with Gasteiger partial charge in [0.25, 0.3) is 0 Å². The van der Waals surface area contributed by atoms with Crippen LogP contribution in [0.2, 0.25) is 0 Å². The lowest BCUT2D eigenvalue weighted by Gasteiger charge is -2.22. The molecule has 0 aliphatic carbocycles. The minimum Gasteiger partial charge on any atom is -0.496 e. The van der Waals surface area contributed by atoms with E-state index in [1.54, 1.807) is 13.0 Å². The molecule has 2 N–H and O–H groups in total. The number of hydrogen-bond donors (Lipinski definition) is 2. The van der Waals surface area contributed by atoms with Crippen LogP contribution >= 0.6 is 0 Å². The van der Waals surface area contributed by atoms with E-state index >= 15 is 0 Å². The van der Waals surface area contributed by atoms with E-state index in [0.717, 1.165) is 9.87 Å². The zero-order valence-corrected chi connectivity index (χ0v) is 16.9. The van der Waals surface area contributed by atoms with Crippen LogP contribution in [0.15, 0.2) is 53.4 Å². The van der Waals surface area contributed by atoms with Gasteiger partial charge >= 0.3 is 0 Å². The van der Waals surface area contributed by atoms with E-state index in [2.05, 4.69) is 5.32 Å². The van der Waals surface area contributed by atoms with E-state index in [4.69, 9.17) is 9.84 Å². The maximum atomic E-state index is 13.2. The molecule has 8 heteroatoms. The quantitative estimate of drug-likeness (QED) is 0.621. The van der Waals surface area contributed by atoms with Crippen LogP contribution in [0.25, 0.3) is 0 Å². The molecule has 0 saturated heterocycles. The Morgan fingerprint density at radius 2 is 1.89 bits per heavy atom. The van der Waals surface area contributed by atoms with Crippen molar-refractivity contribution in [3.8, 4) is 5.75 Å². The maximum Gasteiger partial charge on any atom is 0.243 e. The summed E-state index contributed by atoms with van der Waals surface area (Å²) >= 11 is 0. The molecule has 0 aliphatic rings. The Bertz CT molecular complexity index is 885. The van der Waals surface area contributed by atoms with Crippen LogP contribution in [0.5, 0.6) is 5.75 Å². The summed E-state index contributed by atoms with van der Waals surface area (Å²) in [5, 5.41) is 11.4. The lowest BCUT2D eigenvalue weighted by Crippen LogP contribution is -2.42. The first-order valence-electron chi connectivity index (χ1n) is 8.94. The average Bonchev–Trinajstić information content (AvgIpc) is 2.70. The van der Waals surface area contributed by atoms with E-state index in [1.807, 2.05) is 30.3 Å². The molecule has 2 rings (SSSR count). The Morgan fingerprint density at radius 1 is 1.18 bits per heavy atom. The third kappa shape index (κ3) is 5.79. The zero-order valence-electron chi connectivity index (χ0n) is 16.1. The number of benzene rings is 2. The second kappa shape index (κ2) is 10.2. The average molecular weight is 407 g/mol. The third-order valence-electron chi connectivity index (χ3n) is 4.25. The highest BCUT2D eigenvalue weighted by molar-refractivity contribution is 7.89. The Hall–Kier alpha value is -2.42. The third-order valence-corrected chi connectivity index (χ3v) is 6.09. The highest BCUT2D eigenvalue weighted by Crippen LogP contribution is 2.24. The molecule has 0 spiro atoms. The van der Waals surface area contributed by atoms with Crippen molar-refractivity contribution < 1.29 is 23.1 Å². The molecule has 2 aromatic rings. The molecule has 2 aromatic carbocycles. The van der Waals surface area contributed by atoms with Crippen molar-refractivity contribution in [3.63, 3.8) is 0 Å². The van der Waals surface area contributed by atoms with Crippen molar-refractivity contribution >= 4 is 15.9 Å². The molecule has 28 heavy (non-hydrogen) atoms. The summed E-state index contributed by atoms with van der Waals surface area (Å²) in [5.41, 5.74) is 1.67. The fraction of sp³-hybridized carbons (Fsp3) is 0.350. The molecular weight excluding hydrogens is 380 g/mol. The van der Waals surface area contributed by atoms with Gasteiger partial charge in [-0.2, -0.15) is 4.31 Å². The summed E-state index contributed by atoms with van der Waals surface area (Å²) in [6.07, 6.45) is 0.475. The second-order valence-corrected chi connectivity index (χ2v) is 8.22. The van der Waals surface area contributed by atoms with Gasteiger partial charge in [-0.05, 0) is 42.7 Å². The number of rotatable bonds is 10. The predicted octanol–water partition coefficient (Wildman–Crippen LogP) is 1.35. The molecular formula is C20H26N2O5S. The van der Waals surface area contributed by atoms with Crippen LogP contribution in [0.1, 0.15) is 11.1 Å². The normalized spacial score (nSPS) is 11.4. The number of aliphatic hydroxyl groups is 1. The van der Waals surface area contributed by atoms with Crippen LogP contribution in [0.3, 0.4) is 0 Å². The van der Waals surface area contributed by atoms with Gasteiger partial charge in [-0.3, -0.25) is 4.79 Å². The second-order valence-electron chi connectivity index (χ2n) is 6.28. The van der Waals surface area contributed by atoms with Gasteiger partial charge < -0.3 is 15.2 Å². The summed E-state index contributed by atoms with van der Waals surface area (Å²) in [6.45, 7) is 1.47. The number of nitrogens with one attached hydrogen (secondary N) is 1. The lowest BCUT2D eigenvalue weighted by atomic mass is 10.1. The highest BCUT2D eigenvalue weighted by atomic mass is 32.2. The van der Waals surface area contributed by atoms with Gasteiger partial charge in [0.05, 0.1) is 25.2 Å². The molecule has 0 heterocycles. The largest absolute Gasteiger partial charge is 0.496 e. The number of nitrogens with zero attached hydrogens (tertiary/aromatic N) is 1. The first kappa shape index (κ1) is 21.9. The van der Waals surface area contributed by atoms with E-state index in [9.17, 15) is 13.2 Å². The van der Waals surface area contributed by atoms with Crippen LogP contribution in [-0.4, -0.2) is 57.1 Å². The molecule has 0 radical (unpaired) electrons. The Balaban J connectivity index is 2.26. The van der Waals surface area contributed by atoms with Crippen molar-refractivity contribution in [1.82, 2.24) is 9.62 Å². The van der Waals surface area contributed by atoms with Crippen molar-refractivity contribution in [1.29, 1.82) is 0 Å². The van der Waals surface area contributed by atoms with Gasteiger partial charge in [0.1, 0.15) is 5.75 Å². The van der Waals surface area contributed by atoms with E-state index in [1.165, 1.54) is 19.2 Å². The molecule has 0 atom stereocenters. The summed E-state index contributed by atoms with van der Waals surface area (Å²) in [6, 6.07) is 14.1. The molecule has 0 unspecified atom stereocenters. The predicted molar refractivity (Wildman–Crippen MR) is 107 cm³/mol. The SMILES string of the molecule is COc1ccc(S(=O)(=O)N(CCc2ccccc2)CC(=O)NCCO)cc1C. The minimum absolute atomic E-state index is 0.0764. The van der Waals surface area contributed by atoms with Gasteiger partial charge in [0, 0.05) is 13.1 Å². The Labute approximate surface area is 166 Å². The van der Waals surface area contributed by atoms with E-state index < -0.39 is 15.9 Å². The molecule has 152 valence electrons. The zero-order chi connectivity index (χ0) is 20.6. The standard InChI is InChI=1S/C20H26N2O5S/c1-16-14-18(8-9-19(16)27-2)28(25,26)22(15-20(24)21-11-13-23)12-10-17-6-4-3-5-7-17/h3-9,14,23H,10-13,15H2,1-2H3,(H,21,24). The van der Waals surface area contributed by atoms with Gasteiger partial charge in [0.2, 0.25) is 15.9 Å². The van der Waals surface area contributed by atoms with Crippen molar-refractivity contribution in [2.24, 2.45) is 0 Å². The summed E-state index contributed by atoms with van der Waals surface area (Å²) < 4.78 is 32.7. The number of sulfonamides is 1. The maximum absolute atomic E-state index is 13.2. The molecule has 0 aromatic heterocycles. The van der Waals surface area contributed by atoms with Gasteiger partial charge in [0.15, 0.2) is 0 Å². The highest BCUT2D eigenvalue weighted by Gasteiger charge is 2.27. The van der Waals surface area contributed by atoms with E-state index in [-0.39, 0.29) is 31.1 Å². The fourth-order valence-electron chi connectivity index (χ4n) is 2.75. The minimum atomic E-state index is -3.88. The number of carbonyl (C=O) groups excluding carboxylic acids is 1. The number of amides is 1. The van der Waals surface area contributed by atoms with Crippen molar-refractivity contribution in [3.05, 3.63) is 59.7 Å². The topological polar surface area (TPSA) is 95.9 Å². The summed E-state index contributed by atoms with van der Waals surface area (Å²) in [5.74, 6) is 0.131. The first-order valence-corrected chi connectivity index (χ1v) is 10.4. The van der Waals surface area contributed by atoms with Crippen molar-refractivity contribution in [2.45, 2.75) is 18.2 Å². The van der Waals surface area contributed by atoms with Gasteiger partial charge in [-0.15, -0.1) is 0 Å². The molecule has 0 fully saturated rings. The van der Waals surface area contributed by atoms with Crippen LogP contribution in [0, 0.1) is 6.92 Å². The summed E-state index contributed by atoms with van der Waals surface area (Å²) in [7, 11) is -2.36. The molecule has 7 nitrogen and oxygen atoms in total. The van der Waals surface area contributed by atoms with Gasteiger partial charge in [-0.1, -0.05) is 30.3 Å². The number of ether oxygens (including phenoxy) is 1. The molecule has 1 amide bonds. The molecule has 0 saturated carbocycles. The number of aryl methyl sites for hydroxylation is 1. The Morgan fingerprint density at radius 3 is 2.50 bits per heavy atom. The molecule has 0 aliphatic heterocycles. The van der Waals surface area contributed by atoms with Crippen LogP contribution < -0.4 is 10.1 Å². The monoisotopic (exact) mass is 406 g/mol. The fourth-order valence-corrected chi connectivity index (χ4v) is 4.24. The van der Waals surface area contributed by atoms with Crippen molar-refractivity contribution in [2.75, 3.05) is 33.4 Å².